The molecule has 30 heavy (non-hydrogen) atoms. The first-order valence-electron chi connectivity index (χ1n) is 8.52. The van der Waals surface area contributed by atoms with Gasteiger partial charge in [-0.15, -0.1) is 5.11 Å². The first kappa shape index (κ1) is 21.2. The van der Waals surface area contributed by atoms with E-state index in [1.54, 1.807) is 18.2 Å². The van der Waals surface area contributed by atoms with Crippen LogP contribution in [0.5, 0.6) is 11.6 Å². The number of hydrogen-bond acceptors (Lipinski definition) is 7. The highest BCUT2D eigenvalue weighted by molar-refractivity contribution is 7.15. The lowest BCUT2D eigenvalue weighted by Gasteiger charge is -2.09. The summed E-state index contributed by atoms with van der Waals surface area (Å²) in [5.41, 5.74) is -0.336. The second-order valence-electron chi connectivity index (χ2n) is 6.07. The van der Waals surface area contributed by atoms with Crippen LogP contribution in [0.2, 0.25) is 0 Å². The number of nitrogens with one attached hydrogen (secondary N) is 1. The number of carbonyl (C=O) groups is 1. The first-order chi connectivity index (χ1) is 14.2. The van der Waals surface area contributed by atoms with Gasteiger partial charge in [0.15, 0.2) is 0 Å². The Hall–Kier alpha value is -3.47. The molecule has 0 aliphatic carbocycles. The topological polar surface area (TPSA) is 107 Å². The quantitative estimate of drug-likeness (QED) is 0.471. The van der Waals surface area contributed by atoms with Crippen LogP contribution in [0.3, 0.4) is 0 Å². The fourth-order valence-electron chi connectivity index (χ4n) is 2.43. The van der Waals surface area contributed by atoms with Crippen LogP contribution in [0.1, 0.15) is 16.0 Å². The summed E-state index contributed by atoms with van der Waals surface area (Å²) in [6.07, 6.45) is -4.82. The number of azo groups is 1. The molecule has 3 rings (SSSR count). The van der Waals surface area contributed by atoms with Crippen molar-refractivity contribution in [2.75, 3.05) is 5.32 Å². The van der Waals surface area contributed by atoms with Gasteiger partial charge in [-0.2, -0.15) is 23.3 Å². The van der Waals surface area contributed by atoms with Crippen LogP contribution < -0.4 is 5.32 Å². The number of hydrogen-bond donors (Lipinski definition) is 3. The zero-order valence-electron chi connectivity index (χ0n) is 15.2. The summed E-state index contributed by atoms with van der Waals surface area (Å²) in [6.45, 7) is 0.0956. The predicted molar refractivity (Wildman–Crippen MR) is 104 cm³/mol. The fraction of sp³-hybridized carbons (Fsp3) is 0.158. The van der Waals surface area contributed by atoms with Crippen LogP contribution >= 0.6 is 11.3 Å². The molecule has 3 N–H and O–H groups in total. The van der Waals surface area contributed by atoms with Gasteiger partial charge in [0.2, 0.25) is 16.9 Å². The molecule has 156 valence electrons. The molecule has 0 radical (unpaired) electrons. The van der Waals surface area contributed by atoms with Crippen LogP contribution in [-0.2, 0) is 23.9 Å². The van der Waals surface area contributed by atoms with Gasteiger partial charge in [0.25, 0.3) is 0 Å². The number of anilines is 1. The molecule has 1 aromatic heterocycles. The Morgan fingerprint density at radius 3 is 2.63 bits per heavy atom. The molecular weight excluding hydrogens is 421 g/mol. The van der Waals surface area contributed by atoms with Crippen molar-refractivity contribution in [1.82, 2.24) is 4.98 Å². The fourth-order valence-corrected chi connectivity index (χ4v) is 3.22. The van der Waals surface area contributed by atoms with E-state index in [-0.39, 0.29) is 34.4 Å². The van der Waals surface area contributed by atoms with Crippen molar-refractivity contribution >= 4 is 28.1 Å². The second kappa shape index (κ2) is 8.91. The van der Waals surface area contributed by atoms with E-state index in [0.29, 0.717) is 5.56 Å². The molecule has 0 bridgehead atoms. The van der Waals surface area contributed by atoms with Crippen LogP contribution in [0.4, 0.5) is 24.0 Å². The molecule has 0 atom stereocenters. The van der Waals surface area contributed by atoms with Crippen molar-refractivity contribution < 1.29 is 28.2 Å². The molecule has 2 aromatic carbocycles. The monoisotopic (exact) mass is 436 g/mol. The van der Waals surface area contributed by atoms with Crippen LogP contribution in [0.25, 0.3) is 0 Å². The number of amides is 1. The van der Waals surface area contributed by atoms with Crippen molar-refractivity contribution in [2.45, 2.75) is 19.1 Å². The van der Waals surface area contributed by atoms with Gasteiger partial charge in [-0.25, -0.2) is 0 Å². The smallest absolute Gasteiger partial charge is 0.416 e. The molecule has 0 saturated carbocycles. The van der Waals surface area contributed by atoms with E-state index in [2.05, 4.69) is 20.5 Å². The van der Waals surface area contributed by atoms with Gasteiger partial charge >= 0.3 is 6.18 Å². The standard InChI is InChI=1S/C19H15F3N4O3S/c20-19(21,22)12-5-3-6-13(8-12)24-16(28)9-15-17(29)25-18(30-15)26-23-10-11-4-1-2-7-14(11)27/h1-8,27,29H,9-10H2,(H,24,28). The summed E-state index contributed by atoms with van der Waals surface area (Å²) in [4.78, 5) is 16.1. The largest absolute Gasteiger partial charge is 0.508 e. The van der Waals surface area contributed by atoms with Gasteiger partial charge in [0.05, 0.1) is 23.4 Å². The van der Waals surface area contributed by atoms with Gasteiger partial charge < -0.3 is 15.5 Å². The Balaban J connectivity index is 1.62. The predicted octanol–water partition coefficient (Wildman–Crippen LogP) is 5.04. The van der Waals surface area contributed by atoms with E-state index < -0.39 is 23.5 Å². The molecule has 0 fully saturated rings. The van der Waals surface area contributed by atoms with Crippen LogP contribution in [0.15, 0.2) is 58.8 Å². The molecule has 11 heteroatoms. The Labute approximate surface area is 172 Å². The lowest BCUT2D eigenvalue weighted by molar-refractivity contribution is -0.137. The Kier molecular flexibility index (Phi) is 6.31. The SMILES string of the molecule is O=C(Cc1sc(N=NCc2ccccc2O)nc1O)Nc1cccc(C(F)(F)F)c1. The van der Waals surface area contributed by atoms with E-state index in [1.807, 2.05) is 0 Å². The number of halogens is 3. The minimum atomic E-state index is -4.52. The number of nitrogens with zero attached hydrogens (tertiary/aromatic N) is 3. The number of aromatic hydroxyl groups is 2. The molecule has 0 unspecified atom stereocenters. The Morgan fingerprint density at radius 1 is 1.13 bits per heavy atom. The zero-order valence-corrected chi connectivity index (χ0v) is 16.0. The van der Waals surface area contributed by atoms with Gasteiger partial charge in [0, 0.05) is 11.3 Å². The van der Waals surface area contributed by atoms with E-state index in [0.717, 1.165) is 23.5 Å². The first-order valence-corrected chi connectivity index (χ1v) is 9.34. The van der Waals surface area contributed by atoms with Crippen LogP contribution in [0, 0.1) is 0 Å². The number of aromatic nitrogens is 1. The molecule has 1 amide bonds. The number of phenols is 1. The molecule has 1 heterocycles. The number of benzene rings is 2. The number of para-hydroxylation sites is 1. The van der Waals surface area contributed by atoms with Gasteiger partial charge in [-0.05, 0) is 24.3 Å². The van der Waals surface area contributed by atoms with E-state index >= 15 is 0 Å². The minimum absolute atomic E-state index is 0.0126. The lowest BCUT2D eigenvalue weighted by Crippen LogP contribution is -2.14. The maximum absolute atomic E-state index is 12.8. The van der Waals surface area contributed by atoms with Crippen LogP contribution in [-0.4, -0.2) is 21.1 Å². The summed E-state index contributed by atoms with van der Waals surface area (Å²) in [7, 11) is 0. The molecule has 0 spiro atoms. The summed E-state index contributed by atoms with van der Waals surface area (Å²) in [5.74, 6) is -0.952. The third-order valence-electron chi connectivity index (χ3n) is 3.85. The van der Waals surface area contributed by atoms with Gasteiger partial charge in [0.1, 0.15) is 5.75 Å². The lowest BCUT2D eigenvalue weighted by atomic mass is 10.2. The number of phenolic OH excluding ortho intramolecular Hbond substituents is 1. The Bertz CT molecular complexity index is 1080. The molecule has 0 aliphatic rings. The van der Waals surface area contributed by atoms with E-state index in [9.17, 15) is 28.2 Å². The number of thiazole rings is 1. The maximum Gasteiger partial charge on any atom is 0.416 e. The van der Waals surface area contributed by atoms with E-state index in [4.69, 9.17) is 0 Å². The van der Waals surface area contributed by atoms with Crippen molar-refractivity contribution in [2.24, 2.45) is 10.2 Å². The van der Waals surface area contributed by atoms with Crippen molar-refractivity contribution in [3.63, 3.8) is 0 Å². The molecule has 3 aromatic rings. The number of alkyl halides is 3. The maximum atomic E-state index is 12.8. The number of rotatable bonds is 6. The average Bonchev–Trinajstić information content (AvgIpc) is 3.02. The zero-order chi connectivity index (χ0) is 21.7. The average molecular weight is 436 g/mol. The van der Waals surface area contributed by atoms with E-state index in [1.165, 1.54) is 18.2 Å². The number of carbonyl (C=O) groups excluding carboxylic acids is 1. The van der Waals surface area contributed by atoms with Crippen molar-refractivity contribution in [3.05, 3.63) is 64.5 Å². The molecule has 0 saturated heterocycles. The highest BCUT2D eigenvalue weighted by Crippen LogP contribution is 2.32. The molecule has 0 aliphatic heterocycles. The van der Waals surface area contributed by atoms with Crippen molar-refractivity contribution in [1.29, 1.82) is 0 Å². The third-order valence-corrected chi connectivity index (χ3v) is 4.78. The normalized spacial score (nSPS) is 11.7. The highest BCUT2D eigenvalue weighted by Gasteiger charge is 2.30. The summed E-state index contributed by atoms with van der Waals surface area (Å²) < 4.78 is 38.3. The molecular formula is C19H15F3N4O3S. The minimum Gasteiger partial charge on any atom is -0.508 e. The van der Waals surface area contributed by atoms with Crippen molar-refractivity contribution in [3.8, 4) is 11.6 Å². The summed E-state index contributed by atoms with van der Waals surface area (Å²) >= 11 is 0.920. The summed E-state index contributed by atoms with van der Waals surface area (Å²) in [6, 6.07) is 10.8. The third kappa shape index (κ3) is 5.54. The Morgan fingerprint density at radius 2 is 1.90 bits per heavy atom. The highest BCUT2D eigenvalue weighted by atomic mass is 32.1. The van der Waals surface area contributed by atoms with Gasteiger partial charge in [-0.1, -0.05) is 35.6 Å². The summed E-state index contributed by atoms with van der Waals surface area (Å²) in [5, 5.41) is 29.8. The van der Waals surface area contributed by atoms with Gasteiger partial charge in [-0.3, -0.25) is 4.79 Å². The molecule has 7 nitrogen and oxygen atoms in total. The second-order valence-corrected chi connectivity index (χ2v) is 7.14.